The van der Waals surface area contributed by atoms with Gasteiger partial charge in [-0.15, -0.1) is 35.3 Å². The molecule has 1 fully saturated rings. The van der Waals surface area contributed by atoms with Gasteiger partial charge in [-0.25, -0.2) is 0 Å². The van der Waals surface area contributed by atoms with Crippen LogP contribution in [0.3, 0.4) is 0 Å². The minimum Gasteiger partial charge on any atom is -0.357 e. The summed E-state index contributed by atoms with van der Waals surface area (Å²) in [7, 11) is 0. The van der Waals surface area contributed by atoms with Crippen molar-refractivity contribution in [3.63, 3.8) is 0 Å². The average Bonchev–Trinajstić information content (AvgIpc) is 3.15. The zero-order valence-electron chi connectivity index (χ0n) is 17.2. The summed E-state index contributed by atoms with van der Waals surface area (Å²) < 4.78 is 0. The molecule has 1 aliphatic heterocycles. The third kappa shape index (κ3) is 10.3. The molecular formula is C20H34IN5O2S. The standard InChI is InChI=1S/C20H33N5O2S.HI/c1-2-21-20(23-12-7-11-22-19(27)17-9-6-16-28-17)24-13-8-15-25-14-5-3-4-10-18(25)26;/h6,9,16H,2-5,7-8,10-15H2,1H3,(H,22,27)(H2,21,23,24);1H. The molecule has 0 aromatic carbocycles. The van der Waals surface area contributed by atoms with Gasteiger partial charge in [0, 0.05) is 45.7 Å². The van der Waals surface area contributed by atoms with Crippen molar-refractivity contribution in [2.75, 3.05) is 39.3 Å². The monoisotopic (exact) mass is 535 g/mol. The summed E-state index contributed by atoms with van der Waals surface area (Å²) in [5, 5.41) is 11.4. The predicted octanol–water partition coefficient (Wildman–Crippen LogP) is 2.83. The van der Waals surface area contributed by atoms with Crippen LogP contribution in [-0.2, 0) is 4.79 Å². The second-order valence-corrected chi connectivity index (χ2v) is 7.77. The van der Waals surface area contributed by atoms with Crippen LogP contribution < -0.4 is 16.0 Å². The van der Waals surface area contributed by atoms with Crippen LogP contribution in [0.25, 0.3) is 0 Å². The van der Waals surface area contributed by atoms with E-state index in [2.05, 4.69) is 20.9 Å². The smallest absolute Gasteiger partial charge is 0.261 e. The number of halogens is 1. The van der Waals surface area contributed by atoms with Crippen LogP contribution in [0, 0.1) is 0 Å². The molecule has 0 atom stereocenters. The van der Waals surface area contributed by atoms with Crippen molar-refractivity contribution in [2.45, 2.75) is 45.4 Å². The largest absolute Gasteiger partial charge is 0.357 e. The molecule has 1 aromatic heterocycles. The van der Waals surface area contributed by atoms with Gasteiger partial charge in [0.25, 0.3) is 5.91 Å². The lowest BCUT2D eigenvalue weighted by molar-refractivity contribution is -0.130. The van der Waals surface area contributed by atoms with Gasteiger partial charge >= 0.3 is 0 Å². The van der Waals surface area contributed by atoms with Gasteiger partial charge in [0.15, 0.2) is 5.96 Å². The molecule has 0 bridgehead atoms. The number of carbonyl (C=O) groups excluding carboxylic acids is 2. The molecule has 29 heavy (non-hydrogen) atoms. The third-order valence-corrected chi connectivity index (χ3v) is 5.42. The van der Waals surface area contributed by atoms with E-state index in [0.29, 0.717) is 19.5 Å². The minimum atomic E-state index is -0.0152. The van der Waals surface area contributed by atoms with Gasteiger partial charge in [0.2, 0.25) is 5.91 Å². The second kappa shape index (κ2) is 15.5. The molecule has 0 saturated carbocycles. The average molecular weight is 535 g/mol. The van der Waals surface area contributed by atoms with Gasteiger partial charge in [0.05, 0.1) is 4.88 Å². The highest BCUT2D eigenvalue weighted by Gasteiger charge is 2.15. The van der Waals surface area contributed by atoms with Gasteiger partial charge < -0.3 is 20.9 Å². The van der Waals surface area contributed by atoms with Crippen molar-refractivity contribution in [3.8, 4) is 0 Å². The Kier molecular flexibility index (Phi) is 13.7. The summed E-state index contributed by atoms with van der Waals surface area (Å²) in [6, 6.07) is 3.70. The number of hydrogen-bond donors (Lipinski definition) is 3. The minimum absolute atomic E-state index is 0. The lowest BCUT2D eigenvalue weighted by Gasteiger charge is -2.20. The molecule has 0 radical (unpaired) electrons. The summed E-state index contributed by atoms with van der Waals surface area (Å²) in [6.07, 6.45) is 5.68. The van der Waals surface area contributed by atoms with Crippen molar-refractivity contribution in [1.82, 2.24) is 20.9 Å². The van der Waals surface area contributed by atoms with E-state index in [9.17, 15) is 9.59 Å². The highest BCUT2D eigenvalue weighted by molar-refractivity contribution is 14.0. The van der Waals surface area contributed by atoms with Crippen LogP contribution in [-0.4, -0.2) is 61.9 Å². The van der Waals surface area contributed by atoms with E-state index in [1.54, 1.807) is 0 Å². The van der Waals surface area contributed by atoms with Crippen LogP contribution in [0.15, 0.2) is 22.5 Å². The fourth-order valence-electron chi connectivity index (χ4n) is 3.06. The Hall–Kier alpha value is -1.36. The molecule has 1 aromatic rings. The second-order valence-electron chi connectivity index (χ2n) is 6.82. The fourth-order valence-corrected chi connectivity index (χ4v) is 3.70. The molecule has 0 aliphatic carbocycles. The number of amides is 2. The highest BCUT2D eigenvalue weighted by Crippen LogP contribution is 2.11. The lowest BCUT2D eigenvalue weighted by Crippen LogP contribution is -2.39. The molecule has 2 heterocycles. The molecule has 1 saturated heterocycles. The highest BCUT2D eigenvalue weighted by atomic mass is 127. The van der Waals surface area contributed by atoms with Gasteiger partial charge in [-0.05, 0) is 44.1 Å². The SMILES string of the molecule is CCNC(=NCCCN1CCCCCC1=O)NCCCNC(=O)c1cccs1.I. The number of thiophene rings is 1. The fraction of sp³-hybridized carbons (Fsp3) is 0.650. The van der Waals surface area contributed by atoms with E-state index in [0.717, 1.165) is 69.1 Å². The van der Waals surface area contributed by atoms with Gasteiger partial charge in [-0.3, -0.25) is 14.6 Å². The van der Waals surface area contributed by atoms with Gasteiger partial charge in [-0.2, -0.15) is 0 Å². The number of hydrogen-bond acceptors (Lipinski definition) is 4. The third-order valence-electron chi connectivity index (χ3n) is 4.55. The van der Waals surface area contributed by atoms with Crippen LogP contribution >= 0.6 is 35.3 Å². The first kappa shape index (κ1) is 25.7. The molecule has 0 spiro atoms. The van der Waals surface area contributed by atoms with E-state index in [4.69, 9.17) is 0 Å². The van der Waals surface area contributed by atoms with E-state index in [1.807, 2.05) is 29.3 Å². The summed E-state index contributed by atoms with van der Waals surface area (Å²) in [4.78, 5) is 31.2. The van der Waals surface area contributed by atoms with Crippen molar-refractivity contribution < 1.29 is 9.59 Å². The summed E-state index contributed by atoms with van der Waals surface area (Å²) in [5.74, 6) is 1.06. The number of nitrogens with zero attached hydrogens (tertiary/aromatic N) is 2. The number of nitrogens with one attached hydrogen (secondary N) is 3. The maximum atomic E-state index is 12.0. The number of rotatable bonds is 10. The van der Waals surface area contributed by atoms with Gasteiger partial charge in [-0.1, -0.05) is 12.5 Å². The van der Waals surface area contributed by atoms with E-state index in [-0.39, 0.29) is 35.8 Å². The van der Waals surface area contributed by atoms with Crippen molar-refractivity contribution >= 4 is 53.1 Å². The maximum absolute atomic E-state index is 12.0. The molecule has 9 heteroatoms. The summed E-state index contributed by atoms with van der Waals surface area (Å²) >= 11 is 1.45. The van der Waals surface area contributed by atoms with Crippen molar-refractivity contribution in [2.24, 2.45) is 4.99 Å². The maximum Gasteiger partial charge on any atom is 0.261 e. The molecule has 7 nitrogen and oxygen atoms in total. The molecule has 0 unspecified atom stereocenters. The molecule has 2 rings (SSSR count). The Morgan fingerprint density at radius 3 is 2.76 bits per heavy atom. The van der Waals surface area contributed by atoms with E-state index >= 15 is 0 Å². The molecule has 3 N–H and O–H groups in total. The first-order valence-electron chi connectivity index (χ1n) is 10.3. The zero-order chi connectivity index (χ0) is 20.0. The summed E-state index contributed by atoms with van der Waals surface area (Å²) in [6.45, 7) is 6.56. The number of guanidine groups is 1. The van der Waals surface area contributed by atoms with Gasteiger partial charge in [0.1, 0.15) is 0 Å². The first-order valence-corrected chi connectivity index (χ1v) is 11.2. The van der Waals surface area contributed by atoms with Crippen LogP contribution in [0.4, 0.5) is 0 Å². The Bertz CT molecular complexity index is 624. The normalized spacial score (nSPS) is 14.7. The first-order chi connectivity index (χ1) is 13.7. The molecule has 164 valence electrons. The Labute approximate surface area is 195 Å². The molecule has 1 aliphatic rings. The summed E-state index contributed by atoms with van der Waals surface area (Å²) in [5.41, 5.74) is 0. The number of carbonyl (C=O) groups is 2. The van der Waals surface area contributed by atoms with Crippen LogP contribution in [0.5, 0.6) is 0 Å². The van der Waals surface area contributed by atoms with Crippen LogP contribution in [0.1, 0.15) is 55.1 Å². The Balaban J connectivity index is 0.00000420. The lowest BCUT2D eigenvalue weighted by atomic mass is 10.2. The molecular weight excluding hydrogens is 501 g/mol. The predicted molar refractivity (Wildman–Crippen MR) is 130 cm³/mol. The Morgan fingerprint density at radius 2 is 2.00 bits per heavy atom. The van der Waals surface area contributed by atoms with E-state index in [1.165, 1.54) is 11.3 Å². The number of aliphatic imine (C=N–C) groups is 1. The van der Waals surface area contributed by atoms with E-state index < -0.39 is 0 Å². The van der Waals surface area contributed by atoms with Crippen molar-refractivity contribution in [3.05, 3.63) is 22.4 Å². The quantitative estimate of drug-likeness (QED) is 0.186. The topological polar surface area (TPSA) is 85.8 Å². The zero-order valence-corrected chi connectivity index (χ0v) is 20.4. The Morgan fingerprint density at radius 1 is 1.17 bits per heavy atom. The van der Waals surface area contributed by atoms with Crippen LogP contribution in [0.2, 0.25) is 0 Å². The van der Waals surface area contributed by atoms with Crippen molar-refractivity contribution in [1.29, 1.82) is 0 Å². The molecule has 2 amide bonds. The number of likely N-dealkylation sites (tertiary alicyclic amines) is 1.